The van der Waals surface area contributed by atoms with Crippen LogP contribution >= 0.6 is 0 Å². The number of ether oxygens (including phenoxy) is 2. The Morgan fingerprint density at radius 3 is 2.04 bits per heavy atom. The summed E-state index contributed by atoms with van der Waals surface area (Å²) in [6, 6.07) is 25.0. The zero-order chi connectivity index (χ0) is 17.5. The Kier molecular flexibility index (Phi) is 5.47. The quantitative estimate of drug-likeness (QED) is 0.600. The summed E-state index contributed by atoms with van der Waals surface area (Å²) in [6.45, 7) is 2.61. The average molecular weight is 332 g/mol. The van der Waals surface area contributed by atoms with Crippen LogP contribution < -0.4 is 4.74 Å². The fraction of sp³-hybridized carbons (Fsp3) is 0.136. The summed E-state index contributed by atoms with van der Waals surface area (Å²) in [6.07, 6.45) is 0. The Balaban J connectivity index is 1.70. The SMILES string of the molecule is Cc1ccc(C(=O)OCc2ccccc2)c(OCc2ccccc2)c1. The van der Waals surface area contributed by atoms with E-state index in [1.807, 2.05) is 79.7 Å². The zero-order valence-corrected chi connectivity index (χ0v) is 14.1. The van der Waals surface area contributed by atoms with Gasteiger partial charge >= 0.3 is 5.97 Å². The van der Waals surface area contributed by atoms with Gasteiger partial charge in [0.1, 0.15) is 24.5 Å². The first-order chi connectivity index (χ1) is 12.2. The van der Waals surface area contributed by atoms with Gasteiger partial charge in [0.25, 0.3) is 0 Å². The average Bonchev–Trinajstić information content (AvgIpc) is 2.66. The van der Waals surface area contributed by atoms with Crippen molar-refractivity contribution >= 4 is 5.97 Å². The topological polar surface area (TPSA) is 35.5 Å². The standard InChI is InChI=1S/C22H20O3/c1-17-12-13-20(22(23)25-16-19-10-6-3-7-11-19)21(14-17)24-15-18-8-4-2-5-9-18/h2-14H,15-16H2,1H3. The van der Waals surface area contributed by atoms with Gasteiger partial charge in [-0.15, -0.1) is 0 Å². The van der Waals surface area contributed by atoms with Crippen molar-refractivity contribution < 1.29 is 14.3 Å². The third-order valence-electron chi connectivity index (χ3n) is 3.81. The number of hydrogen-bond donors (Lipinski definition) is 0. The van der Waals surface area contributed by atoms with E-state index in [-0.39, 0.29) is 12.6 Å². The van der Waals surface area contributed by atoms with E-state index in [4.69, 9.17) is 9.47 Å². The van der Waals surface area contributed by atoms with Crippen molar-refractivity contribution in [3.8, 4) is 5.75 Å². The van der Waals surface area contributed by atoms with E-state index >= 15 is 0 Å². The van der Waals surface area contributed by atoms with Crippen molar-refractivity contribution in [2.24, 2.45) is 0 Å². The fourth-order valence-corrected chi connectivity index (χ4v) is 2.45. The van der Waals surface area contributed by atoms with E-state index in [1.165, 1.54) is 0 Å². The van der Waals surface area contributed by atoms with E-state index in [9.17, 15) is 4.79 Å². The third kappa shape index (κ3) is 4.70. The van der Waals surface area contributed by atoms with Crippen LogP contribution in [0, 0.1) is 6.92 Å². The van der Waals surface area contributed by atoms with Gasteiger partial charge in [0.15, 0.2) is 0 Å². The molecule has 3 nitrogen and oxygen atoms in total. The maximum atomic E-state index is 12.5. The van der Waals surface area contributed by atoms with Gasteiger partial charge in [0.05, 0.1) is 0 Å². The number of rotatable bonds is 6. The molecule has 0 aliphatic rings. The molecule has 3 rings (SSSR count). The smallest absolute Gasteiger partial charge is 0.342 e. The monoisotopic (exact) mass is 332 g/mol. The maximum Gasteiger partial charge on any atom is 0.342 e. The summed E-state index contributed by atoms with van der Waals surface area (Å²) in [5.41, 5.74) is 3.47. The van der Waals surface area contributed by atoms with Crippen molar-refractivity contribution in [1.82, 2.24) is 0 Å². The summed E-state index contributed by atoms with van der Waals surface area (Å²) in [5.74, 6) is 0.161. The summed E-state index contributed by atoms with van der Waals surface area (Å²) in [4.78, 5) is 12.5. The minimum absolute atomic E-state index is 0.242. The minimum atomic E-state index is -0.382. The Bertz CT molecular complexity index is 826. The van der Waals surface area contributed by atoms with Crippen molar-refractivity contribution in [2.75, 3.05) is 0 Å². The zero-order valence-electron chi connectivity index (χ0n) is 14.1. The maximum absolute atomic E-state index is 12.5. The van der Waals surface area contributed by atoms with Gasteiger partial charge in [-0.1, -0.05) is 66.7 Å². The molecule has 0 aromatic heterocycles. The van der Waals surface area contributed by atoms with E-state index in [0.29, 0.717) is 17.9 Å². The predicted molar refractivity (Wildman–Crippen MR) is 97.5 cm³/mol. The lowest BCUT2D eigenvalue weighted by Gasteiger charge is -2.12. The first kappa shape index (κ1) is 16.8. The Labute approximate surface area is 147 Å². The van der Waals surface area contributed by atoms with Gasteiger partial charge in [-0.3, -0.25) is 0 Å². The van der Waals surface area contributed by atoms with Gasteiger partial charge in [0.2, 0.25) is 0 Å². The second-order valence-electron chi connectivity index (χ2n) is 5.84. The molecule has 0 unspecified atom stereocenters. The van der Waals surface area contributed by atoms with Crippen molar-refractivity contribution in [2.45, 2.75) is 20.1 Å². The van der Waals surface area contributed by atoms with Crippen LogP contribution in [-0.4, -0.2) is 5.97 Å². The fourth-order valence-electron chi connectivity index (χ4n) is 2.45. The van der Waals surface area contributed by atoms with Crippen LogP contribution in [0.4, 0.5) is 0 Å². The summed E-state index contributed by atoms with van der Waals surface area (Å²) >= 11 is 0. The van der Waals surface area contributed by atoms with Gasteiger partial charge in [0, 0.05) is 0 Å². The predicted octanol–water partition coefficient (Wildman–Crippen LogP) is 4.93. The minimum Gasteiger partial charge on any atom is -0.488 e. The molecule has 0 spiro atoms. The normalized spacial score (nSPS) is 10.3. The van der Waals surface area contributed by atoms with Crippen LogP contribution in [0.2, 0.25) is 0 Å². The number of carbonyl (C=O) groups is 1. The molecule has 0 atom stereocenters. The highest BCUT2D eigenvalue weighted by molar-refractivity contribution is 5.92. The lowest BCUT2D eigenvalue weighted by molar-refractivity contribution is 0.0467. The van der Waals surface area contributed by atoms with Gasteiger partial charge in [-0.25, -0.2) is 4.79 Å². The van der Waals surface area contributed by atoms with Crippen LogP contribution in [0.1, 0.15) is 27.0 Å². The number of hydrogen-bond acceptors (Lipinski definition) is 3. The van der Waals surface area contributed by atoms with E-state index in [0.717, 1.165) is 16.7 Å². The summed E-state index contributed by atoms with van der Waals surface area (Å²) < 4.78 is 11.3. The second kappa shape index (κ2) is 8.15. The van der Waals surface area contributed by atoms with Gasteiger partial charge in [-0.05, 0) is 35.7 Å². The Morgan fingerprint density at radius 1 is 0.800 bits per heavy atom. The molecule has 3 aromatic rings. The third-order valence-corrected chi connectivity index (χ3v) is 3.81. The molecule has 0 N–H and O–H groups in total. The molecule has 25 heavy (non-hydrogen) atoms. The van der Waals surface area contributed by atoms with Crippen LogP contribution in [0.15, 0.2) is 78.9 Å². The molecule has 0 saturated carbocycles. The van der Waals surface area contributed by atoms with Crippen LogP contribution in [0.25, 0.3) is 0 Å². The molecule has 3 aromatic carbocycles. The molecule has 0 amide bonds. The van der Waals surface area contributed by atoms with Crippen LogP contribution in [-0.2, 0) is 18.0 Å². The highest BCUT2D eigenvalue weighted by atomic mass is 16.5. The molecule has 0 saturated heterocycles. The molecule has 3 heteroatoms. The largest absolute Gasteiger partial charge is 0.488 e. The second-order valence-corrected chi connectivity index (χ2v) is 5.84. The molecular weight excluding hydrogens is 312 g/mol. The molecular formula is C22H20O3. The molecule has 0 bridgehead atoms. The van der Waals surface area contributed by atoms with E-state index < -0.39 is 0 Å². The van der Waals surface area contributed by atoms with E-state index in [2.05, 4.69) is 0 Å². The van der Waals surface area contributed by atoms with Crippen molar-refractivity contribution in [1.29, 1.82) is 0 Å². The molecule has 0 fully saturated rings. The number of carbonyl (C=O) groups excluding carboxylic acids is 1. The van der Waals surface area contributed by atoms with E-state index in [1.54, 1.807) is 6.07 Å². The first-order valence-corrected chi connectivity index (χ1v) is 8.21. The van der Waals surface area contributed by atoms with Gasteiger partial charge in [-0.2, -0.15) is 0 Å². The van der Waals surface area contributed by atoms with Crippen LogP contribution in [0.5, 0.6) is 5.75 Å². The molecule has 0 aliphatic carbocycles. The lowest BCUT2D eigenvalue weighted by atomic mass is 10.1. The Morgan fingerprint density at radius 2 is 1.40 bits per heavy atom. The Hall–Kier alpha value is -3.07. The molecule has 0 aliphatic heterocycles. The van der Waals surface area contributed by atoms with Crippen molar-refractivity contribution in [3.05, 3.63) is 101 Å². The highest BCUT2D eigenvalue weighted by Gasteiger charge is 2.15. The van der Waals surface area contributed by atoms with Crippen molar-refractivity contribution in [3.63, 3.8) is 0 Å². The molecule has 126 valence electrons. The van der Waals surface area contributed by atoms with Gasteiger partial charge < -0.3 is 9.47 Å². The summed E-state index contributed by atoms with van der Waals surface area (Å²) in [5, 5.41) is 0. The van der Waals surface area contributed by atoms with Crippen LogP contribution in [0.3, 0.4) is 0 Å². The first-order valence-electron chi connectivity index (χ1n) is 8.21. The summed E-state index contributed by atoms with van der Waals surface area (Å²) in [7, 11) is 0. The number of benzene rings is 3. The highest BCUT2D eigenvalue weighted by Crippen LogP contribution is 2.23. The number of esters is 1. The molecule has 0 radical (unpaired) electrons. The number of aryl methyl sites for hydroxylation is 1. The lowest BCUT2D eigenvalue weighted by Crippen LogP contribution is -2.08. The molecule has 0 heterocycles.